The number of carbonyl (C=O) groups is 1. The number of benzene rings is 1. The molecule has 3 heteroatoms. The Kier molecular flexibility index (Phi) is 5.36. The Hall–Kier alpha value is -1.61. The third-order valence-electron chi connectivity index (χ3n) is 3.84. The lowest BCUT2D eigenvalue weighted by Gasteiger charge is -2.32. The Morgan fingerprint density at radius 2 is 2.40 bits per heavy atom. The van der Waals surface area contributed by atoms with E-state index in [4.69, 9.17) is 0 Å². The first-order valence-electron chi connectivity index (χ1n) is 7.35. The Morgan fingerprint density at radius 3 is 3.15 bits per heavy atom. The second kappa shape index (κ2) is 7.25. The summed E-state index contributed by atoms with van der Waals surface area (Å²) in [6.07, 6.45) is 4.31. The maximum Gasteiger partial charge on any atom is 0.216 e. The smallest absolute Gasteiger partial charge is 0.216 e. The van der Waals surface area contributed by atoms with Gasteiger partial charge in [0.05, 0.1) is 0 Å². The van der Waals surface area contributed by atoms with E-state index in [9.17, 15) is 4.79 Å². The predicted octanol–water partition coefficient (Wildman–Crippen LogP) is 2.68. The molecule has 0 radical (unpaired) electrons. The average molecular weight is 272 g/mol. The van der Waals surface area contributed by atoms with Crippen LogP contribution >= 0.6 is 0 Å². The highest BCUT2D eigenvalue weighted by molar-refractivity contribution is 5.72. The van der Waals surface area contributed by atoms with Gasteiger partial charge in [-0.15, -0.1) is 0 Å². The lowest BCUT2D eigenvalue weighted by molar-refractivity contribution is -0.119. The van der Waals surface area contributed by atoms with Crippen LogP contribution in [0.2, 0.25) is 0 Å². The molecule has 0 saturated carbocycles. The van der Waals surface area contributed by atoms with Gasteiger partial charge in [0.25, 0.3) is 0 Å². The van der Waals surface area contributed by atoms with Crippen LogP contribution in [0.1, 0.15) is 30.9 Å². The van der Waals surface area contributed by atoms with E-state index in [0.717, 1.165) is 26.2 Å². The number of likely N-dealkylation sites (tertiary alicyclic amines) is 1. The zero-order chi connectivity index (χ0) is 14.4. The minimum atomic E-state index is 0.0702. The maximum absolute atomic E-state index is 11.0. The normalized spacial score (nSPS) is 19.6. The first kappa shape index (κ1) is 14.8. The zero-order valence-electron chi connectivity index (χ0n) is 12.3. The maximum atomic E-state index is 11.0. The van der Waals surface area contributed by atoms with Gasteiger partial charge in [0.15, 0.2) is 0 Å². The molecule has 1 aliphatic heterocycles. The van der Waals surface area contributed by atoms with Crippen LogP contribution in [0.3, 0.4) is 0 Å². The van der Waals surface area contributed by atoms with Crippen molar-refractivity contribution < 1.29 is 4.79 Å². The highest BCUT2D eigenvalue weighted by Crippen LogP contribution is 2.18. The fraction of sp³-hybridized carbons (Fsp3) is 0.471. The molecule has 0 spiro atoms. The average Bonchev–Trinajstić information content (AvgIpc) is 2.46. The van der Waals surface area contributed by atoms with Gasteiger partial charge in [0.1, 0.15) is 0 Å². The van der Waals surface area contributed by atoms with Gasteiger partial charge in [-0.25, -0.2) is 0 Å². The van der Waals surface area contributed by atoms with Crippen LogP contribution in [0.5, 0.6) is 0 Å². The van der Waals surface area contributed by atoms with E-state index in [-0.39, 0.29) is 5.91 Å². The van der Waals surface area contributed by atoms with E-state index in [1.54, 1.807) is 6.92 Å². The van der Waals surface area contributed by atoms with Crippen LogP contribution in [0.25, 0.3) is 6.08 Å². The van der Waals surface area contributed by atoms with E-state index in [1.165, 1.54) is 24.0 Å². The quantitative estimate of drug-likeness (QED) is 0.894. The molecule has 1 heterocycles. The molecule has 1 aliphatic rings. The number of hydrogen-bond donors (Lipinski definition) is 1. The largest absolute Gasteiger partial charge is 0.356 e. The third kappa shape index (κ3) is 4.49. The summed E-state index contributed by atoms with van der Waals surface area (Å²) in [4.78, 5) is 13.5. The summed E-state index contributed by atoms with van der Waals surface area (Å²) < 4.78 is 0. The third-order valence-corrected chi connectivity index (χ3v) is 3.84. The molecule has 2 rings (SSSR count). The number of carbonyl (C=O) groups excluding carboxylic acids is 1. The van der Waals surface area contributed by atoms with Gasteiger partial charge in [0, 0.05) is 26.6 Å². The van der Waals surface area contributed by atoms with Crippen molar-refractivity contribution in [1.29, 1.82) is 0 Å². The van der Waals surface area contributed by atoms with E-state index in [1.807, 2.05) is 6.08 Å². The topological polar surface area (TPSA) is 32.3 Å². The minimum absolute atomic E-state index is 0.0702. The molecule has 1 aromatic carbocycles. The molecule has 1 fully saturated rings. The van der Waals surface area contributed by atoms with Gasteiger partial charge in [-0.2, -0.15) is 0 Å². The lowest BCUT2D eigenvalue weighted by atomic mass is 9.97. The van der Waals surface area contributed by atoms with Crippen molar-refractivity contribution in [3.8, 4) is 0 Å². The van der Waals surface area contributed by atoms with Crippen molar-refractivity contribution in [1.82, 2.24) is 10.2 Å². The number of nitrogens with zero attached hydrogens (tertiary/aromatic N) is 1. The molecule has 1 saturated heterocycles. The van der Waals surface area contributed by atoms with Crippen LogP contribution in [0.4, 0.5) is 0 Å². The summed E-state index contributed by atoms with van der Waals surface area (Å²) in [5.41, 5.74) is 2.51. The molecule has 1 amide bonds. The zero-order valence-corrected chi connectivity index (χ0v) is 12.3. The number of nitrogens with one attached hydrogen (secondary N) is 1. The summed E-state index contributed by atoms with van der Waals surface area (Å²) in [6, 6.07) is 8.53. The van der Waals surface area contributed by atoms with Crippen molar-refractivity contribution in [3.05, 3.63) is 42.0 Å². The lowest BCUT2D eigenvalue weighted by Crippen LogP contribution is -2.40. The highest BCUT2D eigenvalue weighted by Gasteiger charge is 2.19. The molecule has 108 valence electrons. The molecular formula is C17H24N2O. The van der Waals surface area contributed by atoms with Crippen LogP contribution in [0.15, 0.2) is 30.8 Å². The van der Waals surface area contributed by atoms with Gasteiger partial charge in [-0.05, 0) is 36.4 Å². The van der Waals surface area contributed by atoms with Gasteiger partial charge < -0.3 is 5.32 Å². The van der Waals surface area contributed by atoms with Crippen LogP contribution in [-0.4, -0.2) is 30.4 Å². The number of amides is 1. The van der Waals surface area contributed by atoms with Crippen molar-refractivity contribution in [2.45, 2.75) is 26.3 Å². The van der Waals surface area contributed by atoms with Gasteiger partial charge >= 0.3 is 0 Å². The summed E-state index contributed by atoms with van der Waals surface area (Å²) in [5, 5.41) is 2.94. The predicted molar refractivity (Wildman–Crippen MR) is 83.2 cm³/mol. The molecule has 1 unspecified atom stereocenters. The molecular weight excluding hydrogens is 248 g/mol. The summed E-state index contributed by atoms with van der Waals surface area (Å²) in [6.45, 7) is 9.41. The van der Waals surface area contributed by atoms with Crippen molar-refractivity contribution in [2.24, 2.45) is 5.92 Å². The van der Waals surface area contributed by atoms with Crippen molar-refractivity contribution in [2.75, 3.05) is 19.6 Å². The molecule has 0 bridgehead atoms. The highest BCUT2D eigenvalue weighted by atomic mass is 16.1. The van der Waals surface area contributed by atoms with Crippen molar-refractivity contribution >= 4 is 12.0 Å². The van der Waals surface area contributed by atoms with E-state index in [0.29, 0.717) is 5.92 Å². The van der Waals surface area contributed by atoms with Crippen LogP contribution < -0.4 is 5.32 Å². The van der Waals surface area contributed by atoms with E-state index < -0.39 is 0 Å². The van der Waals surface area contributed by atoms with E-state index >= 15 is 0 Å². The molecule has 1 aromatic rings. The SMILES string of the molecule is C=Cc1cccc(CN2CCCC(CNC(C)=O)C2)c1. The molecule has 0 aliphatic carbocycles. The fourth-order valence-corrected chi connectivity index (χ4v) is 2.83. The Labute approximate surface area is 121 Å². The molecule has 20 heavy (non-hydrogen) atoms. The van der Waals surface area contributed by atoms with Crippen LogP contribution in [0, 0.1) is 5.92 Å². The van der Waals surface area contributed by atoms with E-state index in [2.05, 4.69) is 41.1 Å². The molecule has 0 aromatic heterocycles. The second-order valence-electron chi connectivity index (χ2n) is 5.63. The first-order chi connectivity index (χ1) is 9.67. The summed E-state index contributed by atoms with van der Waals surface area (Å²) in [7, 11) is 0. The molecule has 1 N–H and O–H groups in total. The minimum Gasteiger partial charge on any atom is -0.356 e. The second-order valence-corrected chi connectivity index (χ2v) is 5.63. The molecule has 3 nitrogen and oxygen atoms in total. The Bertz CT molecular complexity index is 470. The fourth-order valence-electron chi connectivity index (χ4n) is 2.83. The van der Waals surface area contributed by atoms with Gasteiger partial charge in [-0.1, -0.05) is 36.9 Å². The van der Waals surface area contributed by atoms with Gasteiger partial charge in [-0.3, -0.25) is 9.69 Å². The number of piperidine rings is 1. The number of rotatable bonds is 5. The number of hydrogen-bond acceptors (Lipinski definition) is 2. The standard InChI is InChI=1S/C17H24N2O/c1-3-15-6-4-7-16(10-15)12-19-9-5-8-17(13-19)11-18-14(2)20/h3-4,6-7,10,17H,1,5,8-9,11-13H2,2H3,(H,18,20). The van der Waals surface area contributed by atoms with Gasteiger partial charge in [0.2, 0.25) is 5.91 Å². The summed E-state index contributed by atoms with van der Waals surface area (Å²) in [5.74, 6) is 0.649. The van der Waals surface area contributed by atoms with Crippen LogP contribution in [-0.2, 0) is 11.3 Å². The Morgan fingerprint density at radius 1 is 1.55 bits per heavy atom. The first-order valence-corrected chi connectivity index (χ1v) is 7.35. The molecule has 1 atom stereocenters. The Balaban J connectivity index is 1.88. The van der Waals surface area contributed by atoms with Crippen molar-refractivity contribution in [3.63, 3.8) is 0 Å². The monoisotopic (exact) mass is 272 g/mol. The summed E-state index contributed by atoms with van der Waals surface area (Å²) >= 11 is 0.